The lowest BCUT2D eigenvalue weighted by atomic mass is 9.89. The van der Waals surface area contributed by atoms with Crippen LogP contribution >= 0.6 is 0 Å². The van der Waals surface area contributed by atoms with Crippen molar-refractivity contribution in [1.29, 1.82) is 5.26 Å². The van der Waals surface area contributed by atoms with Gasteiger partial charge in [-0.3, -0.25) is 4.40 Å². The minimum absolute atomic E-state index is 0.642. The van der Waals surface area contributed by atoms with Crippen molar-refractivity contribution in [2.45, 2.75) is 0 Å². The second kappa shape index (κ2) is 7.31. The van der Waals surface area contributed by atoms with E-state index in [4.69, 9.17) is 4.98 Å². The van der Waals surface area contributed by atoms with Crippen LogP contribution in [-0.4, -0.2) is 9.38 Å². The number of nitriles is 1. The molecule has 0 amide bonds. The highest BCUT2D eigenvalue weighted by Crippen LogP contribution is 2.41. The summed E-state index contributed by atoms with van der Waals surface area (Å²) in [5.41, 5.74) is 6.94. The molecule has 0 unspecified atom stereocenters. The number of pyridine rings is 1. The van der Waals surface area contributed by atoms with Gasteiger partial charge in [-0.1, -0.05) is 78.9 Å². The maximum absolute atomic E-state index is 9.68. The highest BCUT2D eigenvalue weighted by atomic mass is 15.0. The molecule has 3 nitrogen and oxygen atoms in total. The van der Waals surface area contributed by atoms with Crippen molar-refractivity contribution < 1.29 is 0 Å². The third-order valence-corrected chi connectivity index (χ3v) is 8.32. The third-order valence-electron chi connectivity index (χ3n) is 8.32. The average molecular weight is 494 g/mol. The van der Waals surface area contributed by atoms with E-state index in [0.717, 1.165) is 38.4 Å². The van der Waals surface area contributed by atoms with E-state index in [1.807, 2.05) is 30.3 Å². The summed E-state index contributed by atoms with van der Waals surface area (Å²) in [5, 5.41) is 20.8. The molecule has 0 aliphatic rings. The van der Waals surface area contributed by atoms with Crippen LogP contribution in [0.1, 0.15) is 5.56 Å². The molecule has 0 atom stereocenters. The fourth-order valence-electron chi connectivity index (χ4n) is 6.58. The molecule has 2 aromatic heterocycles. The van der Waals surface area contributed by atoms with Crippen molar-refractivity contribution >= 4 is 70.7 Å². The van der Waals surface area contributed by atoms with Gasteiger partial charge in [0.1, 0.15) is 5.65 Å². The Bertz CT molecular complexity index is 2490. The van der Waals surface area contributed by atoms with E-state index in [9.17, 15) is 5.26 Å². The first-order chi connectivity index (χ1) is 19.3. The molecule has 0 bridgehead atoms. The van der Waals surface area contributed by atoms with Crippen molar-refractivity contribution in [3.8, 4) is 17.2 Å². The summed E-state index contributed by atoms with van der Waals surface area (Å²) in [6.45, 7) is 0. The van der Waals surface area contributed by atoms with Crippen molar-refractivity contribution in [2.75, 3.05) is 0 Å². The van der Waals surface area contributed by atoms with E-state index in [0.29, 0.717) is 5.56 Å². The first-order valence-corrected chi connectivity index (χ1v) is 13.1. The first-order valence-electron chi connectivity index (χ1n) is 13.1. The molecule has 0 aliphatic heterocycles. The summed E-state index contributed by atoms with van der Waals surface area (Å²) >= 11 is 0. The normalized spacial score (nSPS) is 12.1. The predicted molar refractivity (Wildman–Crippen MR) is 162 cm³/mol. The van der Waals surface area contributed by atoms with Crippen LogP contribution in [0, 0.1) is 11.3 Å². The SMILES string of the molecule is N#Cc1ccc2c3cc(-c4ccc5ccc6cccc7ccc4c5c67)ccc3c3nc4ccccc4n3c2c1. The third kappa shape index (κ3) is 2.67. The van der Waals surface area contributed by atoms with Crippen molar-refractivity contribution in [2.24, 2.45) is 0 Å². The second-order valence-corrected chi connectivity index (χ2v) is 10.3. The summed E-state index contributed by atoms with van der Waals surface area (Å²) in [4.78, 5) is 5.04. The van der Waals surface area contributed by atoms with E-state index in [1.54, 1.807) is 0 Å². The quantitative estimate of drug-likeness (QED) is 0.214. The van der Waals surface area contributed by atoms with Gasteiger partial charge in [0.25, 0.3) is 0 Å². The smallest absolute Gasteiger partial charge is 0.146 e. The molecule has 0 N–H and O–H groups in total. The summed E-state index contributed by atoms with van der Waals surface area (Å²) < 4.78 is 2.20. The maximum Gasteiger partial charge on any atom is 0.146 e. The Kier molecular flexibility index (Phi) is 3.86. The number of nitrogens with zero attached hydrogens (tertiary/aromatic N) is 3. The summed E-state index contributed by atoms with van der Waals surface area (Å²) in [6.07, 6.45) is 0. The van der Waals surface area contributed by atoms with Crippen LogP contribution in [-0.2, 0) is 0 Å². The van der Waals surface area contributed by atoms with Crippen LogP contribution in [0.25, 0.3) is 81.8 Å². The van der Waals surface area contributed by atoms with Crippen LogP contribution in [0.15, 0.2) is 115 Å². The summed E-state index contributed by atoms with van der Waals surface area (Å²) in [5.74, 6) is 0. The van der Waals surface area contributed by atoms with Gasteiger partial charge in [0.05, 0.1) is 28.2 Å². The molecule has 39 heavy (non-hydrogen) atoms. The van der Waals surface area contributed by atoms with Gasteiger partial charge in [0.15, 0.2) is 0 Å². The van der Waals surface area contributed by atoms with Gasteiger partial charge < -0.3 is 0 Å². The van der Waals surface area contributed by atoms with Gasteiger partial charge in [0, 0.05) is 10.8 Å². The Morgan fingerprint density at radius 3 is 2.18 bits per heavy atom. The predicted octanol–water partition coefficient (Wildman–Crippen LogP) is 9.23. The van der Waals surface area contributed by atoms with Gasteiger partial charge in [0.2, 0.25) is 0 Å². The van der Waals surface area contributed by atoms with Gasteiger partial charge in [-0.15, -0.1) is 0 Å². The van der Waals surface area contributed by atoms with Crippen LogP contribution in [0.5, 0.6) is 0 Å². The molecule has 0 aliphatic carbocycles. The van der Waals surface area contributed by atoms with Gasteiger partial charge >= 0.3 is 0 Å². The molecule has 0 saturated heterocycles. The number of imidazole rings is 1. The number of benzene rings is 7. The zero-order valence-electron chi connectivity index (χ0n) is 20.8. The van der Waals surface area contributed by atoms with Crippen molar-refractivity contribution in [3.05, 3.63) is 121 Å². The lowest BCUT2D eigenvalue weighted by molar-refractivity contribution is 1.31. The Labute approximate surface area is 223 Å². The van der Waals surface area contributed by atoms with Crippen molar-refractivity contribution in [1.82, 2.24) is 9.38 Å². The van der Waals surface area contributed by atoms with Crippen LogP contribution in [0.4, 0.5) is 0 Å². The van der Waals surface area contributed by atoms with Gasteiger partial charge in [-0.2, -0.15) is 5.26 Å². The van der Waals surface area contributed by atoms with Crippen LogP contribution < -0.4 is 0 Å². The van der Waals surface area contributed by atoms with Crippen LogP contribution in [0.2, 0.25) is 0 Å². The number of fused-ring (bicyclic) bond motifs is 8. The highest BCUT2D eigenvalue weighted by molar-refractivity contribution is 6.26. The molecule has 0 fully saturated rings. The minimum Gasteiger partial charge on any atom is -0.292 e. The van der Waals surface area contributed by atoms with E-state index >= 15 is 0 Å². The molecule has 0 radical (unpaired) electrons. The fraction of sp³-hybridized carbons (Fsp3) is 0. The summed E-state index contributed by atoms with van der Waals surface area (Å²) in [7, 11) is 0. The molecular weight excluding hydrogens is 474 g/mol. The van der Waals surface area contributed by atoms with E-state index in [1.165, 1.54) is 43.4 Å². The Morgan fingerprint density at radius 2 is 1.31 bits per heavy atom. The highest BCUT2D eigenvalue weighted by Gasteiger charge is 2.16. The standard InChI is InChI=1S/C36H19N3/c37-20-21-8-14-27-30-19-25(13-17-29(30)36-38-31-6-1-2-7-32(31)39(36)33(27)18-21)26-15-11-24-10-9-22-4-3-5-23-12-16-28(26)35(24)34(22)23/h1-19H. The van der Waals surface area contributed by atoms with Gasteiger partial charge in [-0.05, 0) is 85.2 Å². The molecule has 0 spiro atoms. The Balaban J connectivity index is 1.42. The molecular formula is C36H19N3. The van der Waals surface area contributed by atoms with E-state index in [2.05, 4.69) is 95.4 Å². The van der Waals surface area contributed by atoms with Gasteiger partial charge in [-0.25, -0.2) is 4.98 Å². The topological polar surface area (TPSA) is 41.1 Å². The zero-order chi connectivity index (χ0) is 25.7. The molecule has 9 aromatic rings. The Morgan fingerprint density at radius 1 is 0.564 bits per heavy atom. The Hall–Kier alpha value is -5.46. The van der Waals surface area contributed by atoms with E-state index in [-0.39, 0.29) is 0 Å². The minimum atomic E-state index is 0.642. The summed E-state index contributed by atoms with van der Waals surface area (Å²) in [6, 6.07) is 43.2. The number of hydrogen-bond acceptors (Lipinski definition) is 2. The molecule has 9 rings (SSSR count). The fourth-order valence-corrected chi connectivity index (χ4v) is 6.58. The second-order valence-electron chi connectivity index (χ2n) is 10.3. The van der Waals surface area contributed by atoms with Crippen LogP contribution in [0.3, 0.4) is 0 Å². The number of hydrogen-bond donors (Lipinski definition) is 0. The lowest BCUT2D eigenvalue weighted by Gasteiger charge is -2.15. The van der Waals surface area contributed by atoms with Crippen molar-refractivity contribution in [3.63, 3.8) is 0 Å². The maximum atomic E-state index is 9.68. The molecule has 178 valence electrons. The molecule has 0 saturated carbocycles. The molecule has 2 heterocycles. The zero-order valence-corrected chi connectivity index (χ0v) is 20.8. The monoisotopic (exact) mass is 493 g/mol. The number of para-hydroxylation sites is 2. The lowest BCUT2D eigenvalue weighted by Crippen LogP contribution is -1.93. The molecule has 3 heteroatoms. The average Bonchev–Trinajstić information content (AvgIpc) is 3.39. The van der Waals surface area contributed by atoms with E-state index < -0.39 is 0 Å². The largest absolute Gasteiger partial charge is 0.292 e. The number of rotatable bonds is 1. The first kappa shape index (κ1) is 20.6. The molecule has 7 aromatic carbocycles. The number of aromatic nitrogens is 2.